The van der Waals surface area contributed by atoms with E-state index in [9.17, 15) is 24.0 Å². The number of carbonyl (C=O) groups is 5. The highest BCUT2D eigenvalue weighted by Crippen LogP contribution is 2.20. The number of benzene rings is 4. The summed E-state index contributed by atoms with van der Waals surface area (Å²) in [5.74, 6) is -0.769. The number of rotatable bonds is 22. The Kier molecular flexibility index (Phi) is 20.3. The fraction of sp³-hybridized carbons (Fsp3) is 0.370. The Morgan fingerprint density at radius 1 is 0.533 bits per heavy atom. The maximum atomic E-state index is 13.9. The van der Waals surface area contributed by atoms with Crippen molar-refractivity contribution in [2.75, 3.05) is 26.2 Å². The van der Waals surface area contributed by atoms with Crippen molar-refractivity contribution in [3.05, 3.63) is 144 Å². The minimum Gasteiger partial charge on any atom is -0.445 e. The Labute approximate surface area is 352 Å². The highest BCUT2D eigenvalue weighted by atomic mass is 16.8. The first-order valence-electron chi connectivity index (χ1n) is 20.3. The van der Waals surface area contributed by atoms with Gasteiger partial charge in [0.2, 0.25) is 0 Å². The van der Waals surface area contributed by atoms with Gasteiger partial charge in [0, 0.05) is 33.1 Å². The average Bonchev–Trinajstić information content (AvgIpc) is 3.27. The number of ether oxygens (including phenoxy) is 4. The van der Waals surface area contributed by atoms with Gasteiger partial charge in [-0.3, -0.25) is 9.69 Å². The molecule has 0 radical (unpaired) electrons. The van der Waals surface area contributed by atoms with E-state index >= 15 is 0 Å². The fourth-order valence-corrected chi connectivity index (χ4v) is 6.05. The number of alkyl carbamates (subject to hydrolysis) is 1. The van der Waals surface area contributed by atoms with Crippen molar-refractivity contribution in [1.29, 1.82) is 0 Å². The molecule has 0 aliphatic heterocycles. The summed E-state index contributed by atoms with van der Waals surface area (Å²) in [7, 11) is 0. The average molecular weight is 825 g/mol. The molecule has 60 heavy (non-hydrogen) atoms. The number of nitrogens with one attached hydrogen (secondary N) is 1. The van der Waals surface area contributed by atoms with Crippen LogP contribution in [0.4, 0.5) is 19.2 Å². The number of unbranched alkanes of at least 4 members (excludes halogenated alkanes) is 2. The predicted molar refractivity (Wildman–Crippen MR) is 224 cm³/mol. The van der Waals surface area contributed by atoms with Crippen molar-refractivity contribution in [2.45, 2.75) is 85.0 Å². The lowest BCUT2D eigenvalue weighted by Gasteiger charge is -2.36. The Morgan fingerprint density at radius 2 is 0.950 bits per heavy atom. The van der Waals surface area contributed by atoms with E-state index in [4.69, 9.17) is 23.8 Å². The minimum absolute atomic E-state index is 0.0261. The second kappa shape index (κ2) is 26.4. The molecule has 0 saturated heterocycles. The summed E-state index contributed by atoms with van der Waals surface area (Å²) in [4.78, 5) is 73.9. The van der Waals surface area contributed by atoms with Gasteiger partial charge in [0.05, 0.1) is 0 Å². The number of hydrogen-bond donors (Lipinski definition) is 1. The van der Waals surface area contributed by atoms with Crippen LogP contribution in [0.2, 0.25) is 0 Å². The third-order valence-electron chi connectivity index (χ3n) is 9.11. The lowest BCUT2D eigenvalue weighted by Crippen LogP contribution is -2.54. The number of amides is 4. The van der Waals surface area contributed by atoms with Gasteiger partial charge in [-0.05, 0) is 54.4 Å². The summed E-state index contributed by atoms with van der Waals surface area (Å²) in [6.45, 7) is 4.27. The van der Waals surface area contributed by atoms with Crippen LogP contribution in [-0.2, 0) is 55.0 Å². The Balaban J connectivity index is 1.41. The molecule has 0 aliphatic rings. The number of hydrogen-bond acceptors (Lipinski definition) is 10. The van der Waals surface area contributed by atoms with Crippen molar-refractivity contribution in [3.63, 3.8) is 0 Å². The monoisotopic (exact) mass is 824 g/mol. The molecule has 4 aromatic rings. The molecule has 0 aromatic heterocycles. The first-order valence-corrected chi connectivity index (χ1v) is 20.3. The molecule has 0 bridgehead atoms. The molecule has 1 atom stereocenters. The SMILES string of the molecule is CCCC(N(CCCCN(CCCCNC(=O)OCc1ccccc1)C(=O)OCc1ccccc1)C(=O)OCc1ccccc1)N(OC(C)=O)C(=O)OCc1ccccc1. The van der Waals surface area contributed by atoms with Crippen molar-refractivity contribution < 1.29 is 47.8 Å². The Bertz CT molecular complexity index is 1870. The van der Waals surface area contributed by atoms with Gasteiger partial charge in [-0.2, -0.15) is 0 Å². The minimum atomic E-state index is -1.07. The molecule has 4 amide bonds. The van der Waals surface area contributed by atoms with Gasteiger partial charge >= 0.3 is 30.3 Å². The molecule has 4 rings (SSSR count). The summed E-state index contributed by atoms with van der Waals surface area (Å²) >= 11 is 0. The fourth-order valence-electron chi connectivity index (χ4n) is 6.05. The van der Waals surface area contributed by atoms with Crippen LogP contribution in [0.1, 0.15) is 74.6 Å². The molecule has 0 aliphatic carbocycles. The summed E-state index contributed by atoms with van der Waals surface area (Å²) in [5, 5.41) is 3.55. The maximum absolute atomic E-state index is 13.9. The van der Waals surface area contributed by atoms with Crippen molar-refractivity contribution in [3.8, 4) is 0 Å². The highest BCUT2D eigenvalue weighted by Gasteiger charge is 2.36. The lowest BCUT2D eigenvalue weighted by atomic mass is 10.2. The second-order valence-corrected chi connectivity index (χ2v) is 13.9. The van der Waals surface area contributed by atoms with Gasteiger partial charge in [0.15, 0.2) is 6.17 Å². The van der Waals surface area contributed by atoms with Crippen LogP contribution in [-0.4, -0.2) is 77.6 Å². The van der Waals surface area contributed by atoms with Gasteiger partial charge in [-0.1, -0.05) is 135 Å². The molecule has 0 heterocycles. The van der Waals surface area contributed by atoms with Gasteiger partial charge < -0.3 is 34.0 Å². The normalized spacial score (nSPS) is 11.0. The maximum Gasteiger partial charge on any atom is 0.445 e. The van der Waals surface area contributed by atoms with Crippen molar-refractivity contribution in [1.82, 2.24) is 20.2 Å². The molecule has 14 heteroatoms. The van der Waals surface area contributed by atoms with E-state index in [-0.39, 0.29) is 45.9 Å². The first-order chi connectivity index (χ1) is 29.2. The van der Waals surface area contributed by atoms with E-state index in [1.165, 1.54) is 4.90 Å². The van der Waals surface area contributed by atoms with E-state index in [1.807, 2.05) is 116 Å². The third kappa shape index (κ3) is 17.1. The first kappa shape index (κ1) is 46.1. The van der Waals surface area contributed by atoms with Gasteiger partial charge in [0.1, 0.15) is 26.4 Å². The summed E-state index contributed by atoms with van der Waals surface area (Å²) in [6, 6.07) is 37.0. The van der Waals surface area contributed by atoms with Crippen LogP contribution < -0.4 is 5.32 Å². The number of nitrogens with zero attached hydrogens (tertiary/aromatic N) is 3. The number of carbonyl (C=O) groups excluding carboxylic acids is 5. The quantitative estimate of drug-likeness (QED) is 0.0352. The Morgan fingerprint density at radius 3 is 1.42 bits per heavy atom. The zero-order chi connectivity index (χ0) is 42.8. The standard InChI is InChI=1S/C46H56N4O10/c1-3-20-42(50(60-37(2)51)46(55)59-36-41-27-14-7-15-28-41)49(45(54)58-35-40-25-12-6-13-26-40)32-19-18-31-48(44(53)57-34-39-23-10-5-11-24-39)30-17-16-29-47-43(52)56-33-38-21-8-4-9-22-38/h4-15,21-28,42H,3,16-20,29-36H2,1-2H3,(H,47,52). The van der Waals surface area contributed by atoms with Crippen molar-refractivity contribution >= 4 is 30.3 Å². The van der Waals surface area contributed by atoms with E-state index in [0.29, 0.717) is 45.2 Å². The van der Waals surface area contributed by atoms with Crippen LogP contribution in [0.25, 0.3) is 0 Å². The van der Waals surface area contributed by atoms with Crippen LogP contribution in [0.3, 0.4) is 0 Å². The van der Waals surface area contributed by atoms with E-state index in [2.05, 4.69) is 5.32 Å². The van der Waals surface area contributed by atoms with Crippen LogP contribution in [0, 0.1) is 0 Å². The van der Waals surface area contributed by atoms with Crippen LogP contribution >= 0.6 is 0 Å². The number of hydroxylamine groups is 2. The lowest BCUT2D eigenvalue weighted by molar-refractivity contribution is -0.202. The zero-order valence-electron chi connectivity index (χ0n) is 34.4. The van der Waals surface area contributed by atoms with Crippen molar-refractivity contribution in [2.24, 2.45) is 0 Å². The van der Waals surface area contributed by atoms with Gasteiger partial charge in [-0.25, -0.2) is 19.2 Å². The molecule has 0 fully saturated rings. The predicted octanol–water partition coefficient (Wildman–Crippen LogP) is 8.99. The molecule has 1 unspecified atom stereocenters. The summed E-state index contributed by atoms with van der Waals surface area (Å²) in [5.41, 5.74) is 3.22. The molecule has 320 valence electrons. The molecule has 1 N–H and O–H groups in total. The van der Waals surface area contributed by atoms with E-state index in [0.717, 1.165) is 34.2 Å². The Hall–Kier alpha value is -6.57. The molecular formula is C46H56N4O10. The molecule has 14 nitrogen and oxygen atoms in total. The van der Waals surface area contributed by atoms with E-state index < -0.39 is 36.5 Å². The highest BCUT2D eigenvalue weighted by molar-refractivity contribution is 5.73. The second-order valence-electron chi connectivity index (χ2n) is 13.9. The largest absolute Gasteiger partial charge is 0.445 e. The topological polar surface area (TPSA) is 153 Å². The van der Waals surface area contributed by atoms with Crippen LogP contribution in [0.5, 0.6) is 0 Å². The smallest absolute Gasteiger partial charge is 0.445 e. The van der Waals surface area contributed by atoms with Crippen LogP contribution in [0.15, 0.2) is 121 Å². The molecular weight excluding hydrogens is 769 g/mol. The molecule has 0 spiro atoms. The summed E-state index contributed by atoms with van der Waals surface area (Å²) < 4.78 is 22.3. The van der Waals surface area contributed by atoms with E-state index in [1.54, 1.807) is 17.0 Å². The molecule has 0 saturated carbocycles. The van der Waals surface area contributed by atoms with Gasteiger partial charge in [-0.15, -0.1) is 5.06 Å². The zero-order valence-corrected chi connectivity index (χ0v) is 34.4. The molecule has 4 aromatic carbocycles. The van der Waals surface area contributed by atoms with Gasteiger partial charge in [0.25, 0.3) is 0 Å². The summed E-state index contributed by atoms with van der Waals surface area (Å²) in [6.07, 6.45) is -1.04. The third-order valence-corrected chi connectivity index (χ3v) is 9.11.